The van der Waals surface area contributed by atoms with Crippen LogP contribution in [0.15, 0.2) is 42.5 Å². The summed E-state index contributed by atoms with van der Waals surface area (Å²) in [5, 5.41) is 37.1. The van der Waals surface area contributed by atoms with Gasteiger partial charge in [-0.1, -0.05) is 18.2 Å². The number of hydrogen-bond acceptors (Lipinski definition) is 4. The maximum atomic E-state index is 11.3. The first kappa shape index (κ1) is 13.5. The van der Waals surface area contributed by atoms with E-state index in [0.29, 0.717) is 11.1 Å². The van der Waals surface area contributed by atoms with E-state index < -0.39 is 5.97 Å². The second-order valence-electron chi connectivity index (χ2n) is 4.16. The summed E-state index contributed by atoms with van der Waals surface area (Å²) in [5.74, 6) is -1.69. The SMILES string of the molecule is O=C(O)/C(=C/c1ccc(O)c(O)c1)c1ccc(O)cc1. The molecular weight excluding hydrogens is 260 g/mol. The fourth-order valence-electron chi connectivity index (χ4n) is 1.71. The van der Waals surface area contributed by atoms with Crippen LogP contribution in [0.2, 0.25) is 0 Å². The molecule has 2 rings (SSSR count). The predicted molar refractivity (Wildman–Crippen MR) is 73.4 cm³/mol. The van der Waals surface area contributed by atoms with Gasteiger partial charge in [0.25, 0.3) is 0 Å². The van der Waals surface area contributed by atoms with Gasteiger partial charge in [0.2, 0.25) is 0 Å². The van der Waals surface area contributed by atoms with E-state index >= 15 is 0 Å². The molecule has 0 unspecified atom stereocenters. The second kappa shape index (κ2) is 5.36. The van der Waals surface area contributed by atoms with Crippen LogP contribution in [-0.2, 0) is 4.79 Å². The number of phenols is 3. The number of hydrogen-bond donors (Lipinski definition) is 4. The zero-order valence-corrected chi connectivity index (χ0v) is 10.3. The van der Waals surface area contributed by atoms with Crippen LogP contribution in [0.1, 0.15) is 11.1 Å². The fourth-order valence-corrected chi connectivity index (χ4v) is 1.71. The van der Waals surface area contributed by atoms with E-state index in [-0.39, 0.29) is 22.8 Å². The van der Waals surface area contributed by atoms with Gasteiger partial charge in [0.15, 0.2) is 11.5 Å². The van der Waals surface area contributed by atoms with Crippen molar-refractivity contribution in [3.8, 4) is 17.2 Å². The summed E-state index contributed by atoms with van der Waals surface area (Å²) in [5.41, 5.74) is 0.865. The van der Waals surface area contributed by atoms with Crippen LogP contribution in [0.3, 0.4) is 0 Å². The molecule has 0 aliphatic carbocycles. The van der Waals surface area contributed by atoms with Crippen LogP contribution in [-0.4, -0.2) is 26.4 Å². The second-order valence-corrected chi connectivity index (χ2v) is 4.16. The minimum absolute atomic E-state index is 0.00934. The van der Waals surface area contributed by atoms with Gasteiger partial charge in [0, 0.05) is 0 Å². The number of aromatic hydroxyl groups is 3. The molecule has 0 bridgehead atoms. The van der Waals surface area contributed by atoms with Crippen LogP contribution in [0, 0.1) is 0 Å². The third-order valence-corrected chi connectivity index (χ3v) is 2.72. The first-order valence-corrected chi connectivity index (χ1v) is 5.74. The van der Waals surface area contributed by atoms with Crippen molar-refractivity contribution in [1.29, 1.82) is 0 Å². The fraction of sp³-hybridized carbons (Fsp3) is 0. The first-order valence-electron chi connectivity index (χ1n) is 5.74. The van der Waals surface area contributed by atoms with E-state index in [0.717, 1.165) is 0 Å². The standard InChI is InChI=1S/C15H12O5/c16-11-4-2-10(3-5-11)12(15(19)20)7-9-1-6-13(17)14(18)8-9/h1-8,16-18H,(H,19,20)/b12-7+. The maximum Gasteiger partial charge on any atom is 0.336 e. The quantitative estimate of drug-likeness (QED) is 0.391. The van der Waals surface area contributed by atoms with Gasteiger partial charge in [-0.05, 0) is 41.5 Å². The zero-order chi connectivity index (χ0) is 14.7. The van der Waals surface area contributed by atoms with Crippen molar-refractivity contribution in [3.63, 3.8) is 0 Å². The Hall–Kier alpha value is -2.95. The van der Waals surface area contributed by atoms with Gasteiger partial charge in [-0.25, -0.2) is 4.79 Å². The molecule has 0 fully saturated rings. The summed E-state index contributed by atoms with van der Waals surface area (Å²) >= 11 is 0. The van der Waals surface area contributed by atoms with Crippen molar-refractivity contribution in [1.82, 2.24) is 0 Å². The van der Waals surface area contributed by atoms with Gasteiger partial charge in [0.1, 0.15) is 5.75 Å². The highest BCUT2D eigenvalue weighted by molar-refractivity contribution is 6.20. The Morgan fingerprint density at radius 1 is 0.900 bits per heavy atom. The highest BCUT2D eigenvalue weighted by atomic mass is 16.4. The lowest BCUT2D eigenvalue weighted by Crippen LogP contribution is -1.99. The predicted octanol–water partition coefficient (Wildman–Crippen LogP) is 2.43. The summed E-state index contributed by atoms with van der Waals surface area (Å²) in [6, 6.07) is 9.76. The molecule has 0 aliphatic rings. The molecule has 0 aromatic heterocycles. The van der Waals surface area contributed by atoms with Crippen molar-refractivity contribution in [2.45, 2.75) is 0 Å². The molecule has 2 aromatic carbocycles. The molecule has 0 atom stereocenters. The smallest absolute Gasteiger partial charge is 0.336 e. The highest BCUT2D eigenvalue weighted by Gasteiger charge is 2.11. The number of aliphatic carboxylic acids is 1. The number of carboxylic acid groups (broad SMARTS) is 1. The molecule has 4 N–H and O–H groups in total. The average molecular weight is 272 g/mol. The number of carboxylic acids is 1. The summed E-state index contributed by atoms with van der Waals surface area (Å²) < 4.78 is 0. The molecule has 0 radical (unpaired) electrons. The molecular formula is C15H12O5. The van der Waals surface area contributed by atoms with E-state index in [9.17, 15) is 25.2 Å². The van der Waals surface area contributed by atoms with E-state index in [4.69, 9.17) is 0 Å². The Morgan fingerprint density at radius 3 is 2.10 bits per heavy atom. The Morgan fingerprint density at radius 2 is 1.55 bits per heavy atom. The largest absolute Gasteiger partial charge is 0.508 e. The van der Waals surface area contributed by atoms with E-state index in [1.807, 2.05) is 0 Å². The van der Waals surface area contributed by atoms with Gasteiger partial charge < -0.3 is 20.4 Å². The molecule has 5 nitrogen and oxygen atoms in total. The third-order valence-electron chi connectivity index (χ3n) is 2.72. The van der Waals surface area contributed by atoms with E-state index in [2.05, 4.69) is 0 Å². The lowest BCUT2D eigenvalue weighted by atomic mass is 10.0. The zero-order valence-electron chi connectivity index (χ0n) is 10.3. The lowest BCUT2D eigenvalue weighted by molar-refractivity contribution is -0.130. The van der Waals surface area contributed by atoms with Crippen molar-refractivity contribution < 1.29 is 25.2 Å². The lowest BCUT2D eigenvalue weighted by Gasteiger charge is -2.04. The minimum atomic E-state index is -1.14. The number of carbonyl (C=O) groups is 1. The van der Waals surface area contributed by atoms with Gasteiger partial charge in [-0.3, -0.25) is 0 Å². The van der Waals surface area contributed by atoms with Crippen molar-refractivity contribution in [2.75, 3.05) is 0 Å². The topological polar surface area (TPSA) is 98.0 Å². The highest BCUT2D eigenvalue weighted by Crippen LogP contribution is 2.27. The molecule has 0 saturated carbocycles. The summed E-state index contributed by atoms with van der Waals surface area (Å²) in [7, 11) is 0. The third kappa shape index (κ3) is 2.89. The summed E-state index contributed by atoms with van der Waals surface area (Å²) in [6.45, 7) is 0. The maximum absolute atomic E-state index is 11.3. The molecule has 0 amide bonds. The van der Waals surface area contributed by atoms with Gasteiger partial charge in [0.05, 0.1) is 5.57 Å². The van der Waals surface area contributed by atoms with Crippen LogP contribution < -0.4 is 0 Å². The van der Waals surface area contributed by atoms with Gasteiger partial charge in [-0.2, -0.15) is 0 Å². The van der Waals surface area contributed by atoms with Crippen LogP contribution in [0.4, 0.5) is 0 Å². The number of benzene rings is 2. The normalized spacial score (nSPS) is 11.3. The molecule has 0 heterocycles. The van der Waals surface area contributed by atoms with E-state index in [1.165, 1.54) is 48.5 Å². The van der Waals surface area contributed by atoms with Crippen LogP contribution >= 0.6 is 0 Å². The molecule has 0 spiro atoms. The first-order chi connectivity index (χ1) is 9.47. The van der Waals surface area contributed by atoms with Crippen LogP contribution in [0.25, 0.3) is 11.6 Å². The molecule has 0 saturated heterocycles. The Kier molecular flexibility index (Phi) is 3.61. The minimum Gasteiger partial charge on any atom is -0.508 e. The molecule has 20 heavy (non-hydrogen) atoms. The monoisotopic (exact) mass is 272 g/mol. The molecule has 102 valence electrons. The van der Waals surface area contributed by atoms with Crippen LogP contribution in [0.5, 0.6) is 17.2 Å². The Bertz CT molecular complexity index is 671. The van der Waals surface area contributed by atoms with E-state index in [1.54, 1.807) is 0 Å². The van der Waals surface area contributed by atoms with Crippen molar-refractivity contribution in [3.05, 3.63) is 53.6 Å². The van der Waals surface area contributed by atoms with Gasteiger partial charge in [-0.15, -0.1) is 0 Å². The summed E-state index contributed by atoms with van der Waals surface area (Å²) in [4.78, 5) is 11.3. The van der Waals surface area contributed by atoms with Crippen molar-refractivity contribution >= 4 is 17.6 Å². The average Bonchev–Trinajstić information content (AvgIpc) is 2.41. The molecule has 2 aromatic rings. The van der Waals surface area contributed by atoms with Gasteiger partial charge >= 0.3 is 5.97 Å². The van der Waals surface area contributed by atoms with Crippen molar-refractivity contribution in [2.24, 2.45) is 0 Å². The number of phenolic OH excluding ortho intramolecular Hbond substituents is 3. The Labute approximate surface area is 114 Å². The molecule has 0 aliphatic heterocycles. The summed E-state index contributed by atoms with van der Waals surface area (Å²) in [6.07, 6.45) is 1.37. The Balaban J connectivity index is 2.47. The number of rotatable bonds is 3. The molecule has 5 heteroatoms.